The summed E-state index contributed by atoms with van der Waals surface area (Å²) in [4.78, 5) is 14.2. The van der Waals surface area contributed by atoms with Gasteiger partial charge < -0.3 is 9.64 Å². The summed E-state index contributed by atoms with van der Waals surface area (Å²) in [5, 5.41) is 0.686. The lowest BCUT2D eigenvalue weighted by molar-refractivity contribution is -0.136. The molecule has 1 atom stereocenters. The van der Waals surface area contributed by atoms with Crippen molar-refractivity contribution < 1.29 is 22.3 Å². The number of hydrogen-bond donors (Lipinski definition) is 0. The van der Waals surface area contributed by atoms with Crippen LogP contribution in [0.1, 0.15) is 12.0 Å². The molecule has 28 heavy (non-hydrogen) atoms. The van der Waals surface area contributed by atoms with Gasteiger partial charge in [0, 0.05) is 23.2 Å². The smallest absolute Gasteiger partial charge is 0.261 e. The molecule has 1 fully saturated rings. The molecule has 3 rings (SSSR count). The van der Waals surface area contributed by atoms with Gasteiger partial charge in [0.25, 0.3) is 5.91 Å². The first kappa shape index (κ1) is 20.9. The van der Waals surface area contributed by atoms with Crippen molar-refractivity contribution in [3.8, 4) is 5.75 Å². The van der Waals surface area contributed by atoms with Crippen molar-refractivity contribution in [1.82, 2.24) is 4.90 Å². The van der Waals surface area contributed by atoms with Crippen LogP contribution in [0, 0.1) is 5.82 Å². The number of ether oxygens (including phenoxy) is 1. The zero-order valence-corrected chi connectivity index (χ0v) is 17.1. The average Bonchev–Trinajstić information content (AvgIpc) is 2.99. The van der Waals surface area contributed by atoms with Crippen LogP contribution in [0.4, 0.5) is 4.39 Å². The van der Waals surface area contributed by atoms with Crippen LogP contribution in [0.2, 0.25) is 10.0 Å². The molecule has 0 saturated carbocycles. The van der Waals surface area contributed by atoms with Crippen molar-refractivity contribution in [2.75, 3.05) is 18.1 Å². The number of sulfone groups is 1. The summed E-state index contributed by atoms with van der Waals surface area (Å²) in [6.45, 7) is -0.393. The lowest BCUT2D eigenvalue weighted by Crippen LogP contribution is -2.43. The van der Waals surface area contributed by atoms with Gasteiger partial charge in [-0.1, -0.05) is 41.4 Å². The summed E-state index contributed by atoms with van der Waals surface area (Å²) >= 11 is 11.9. The number of rotatable bonds is 6. The van der Waals surface area contributed by atoms with E-state index >= 15 is 0 Å². The van der Waals surface area contributed by atoms with Crippen molar-refractivity contribution >= 4 is 38.9 Å². The summed E-state index contributed by atoms with van der Waals surface area (Å²) in [5.74, 6) is -0.763. The van der Waals surface area contributed by atoms with E-state index in [4.69, 9.17) is 27.9 Å². The molecule has 0 aliphatic carbocycles. The van der Waals surface area contributed by atoms with Crippen LogP contribution < -0.4 is 4.74 Å². The molecule has 9 heteroatoms. The fourth-order valence-electron chi connectivity index (χ4n) is 3.07. The van der Waals surface area contributed by atoms with Crippen molar-refractivity contribution in [2.45, 2.75) is 19.0 Å². The van der Waals surface area contributed by atoms with Gasteiger partial charge in [0.15, 0.2) is 16.4 Å². The fourth-order valence-corrected chi connectivity index (χ4v) is 5.26. The first-order valence-electron chi connectivity index (χ1n) is 8.56. The van der Waals surface area contributed by atoms with E-state index in [0.29, 0.717) is 17.0 Å². The number of nitrogens with zero attached hydrogens (tertiary/aromatic N) is 1. The molecule has 0 bridgehead atoms. The van der Waals surface area contributed by atoms with Gasteiger partial charge in [-0.15, -0.1) is 0 Å². The quantitative estimate of drug-likeness (QED) is 0.679. The van der Waals surface area contributed by atoms with Crippen molar-refractivity contribution in [2.24, 2.45) is 0 Å². The molecule has 0 spiro atoms. The second-order valence-electron chi connectivity index (χ2n) is 6.53. The van der Waals surface area contributed by atoms with Crippen LogP contribution in [0.3, 0.4) is 0 Å². The Bertz CT molecular complexity index is 984. The number of halogens is 3. The third kappa shape index (κ3) is 5.16. The van der Waals surface area contributed by atoms with Gasteiger partial charge >= 0.3 is 0 Å². The minimum absolute atomic E-state index is 0.00257. The molecular weight excluding hydrogens is 428 g/mol. The Morgan fingerprint density at radius 2 is 1.96 bits per heavy atom. The molecule has 1 amide bonds. The van der Waals surface area contributed by atoms with E-state index in [9.17, 15) is 17.6 Å². The summed E-state index contributed by atoms with van der Waals surface area (Å²) in [5.41, 5.74) is 0.310. The van der Waals surface area contributed by atoms with Crippen LogP contribution >= 0.6 is 23.2 Å². The van der Waals surface area contributed by atoms with E-state index in [1.54, 1.807) is 30.3 Å². The van der Waals surface area contributed by atoms with Gasteiger partial charge in [-0.3, -0.25) is 4.79 Å². The predicted octanol–water partition coefficient (Wildman–Crippen LogP) is 3.73. The van der Waals surface area contributed by atoms with Gasteiger partial charge in [-0.05, 0) is 30.7 Å². The number of carbonyl (C=O) groups is 1. The molecule has 0 radical (unpaired) electrons. The highest BCUT2D eigenvalue weighted by Crippen LogP contribution is 2.28. The second-order valence-corrected chi connectivity index (χ2v) is 9.61. The van der Waals surface area contributed by atoms with Crippen LogP contribution in [0.5, 0.6) is 5.75 Å². The molecule has 1 heterocycles. The summed E-state index contributed by atoms with van der Waals surface area (Å²) < 4.78 is 43.3. The molecule has 5 nitrogen and oxygen atoms in total. The normalized spacial score (nSPS) is 18.0. The average molecular weight is 446 g/mol. The third-order valence-corrected chi connectivity index (χ3v) is 6.79. The molecule has 2 aromatic rings. The molecule has 150 valence electrons. The van der Waals surface area contributed by atoms with E-state index in [1.807, 2.05) is 0 Å². The maximum atomic E-state index is 14.1. The van der Waals surface area contributed by atoms with Crippen LogP contribution in [-0.2, 0) is 21.2 Å². The highest BCUT2D eigenvalue weighted by molar-refractivity contribution is 7.91. The van der Waals surface area contributed by atoms with Gasteiger partial charge in [0.2, 0.25) is 0 Å². The van der Waals surface area contributed by atoms with E-state index < -0.39 is 27.6 Å². The maximum Gasteiger partial charge on any atom is 0.261 e. The molecule has 1 aliphatic heterocycles. The van der Waals surface area contributed by atoms with Gasteiger partial charge in [-0.25, -0.2) is 12.8 Å². The Balaban J connectivity index is 1.77. The number of amides is 1. The summed E-state index contributed by atoms with van der Waals surface area (Å²) in [7, 11) is -3.22. The molecule has 1 aliphatic rings. The van der Waals surface area contributed by atoms with Crippen LogP contribution in [0.15, 0.2) is 42.5 Å². The van der Waals surface area contributed by atoms with E-state index in [1.165, 1.54) is 17.0 Å². The van der Waals surface area contributed by atoms with Crippen LogP contribution in [0.25, 0.3) is 0 Å². The van der Waals surface area contributed by atoms with E-state index in [2.05, 4.69) is 0 Å². The van der Waals surface area contributed by atoms with Crippen molar-refractivity contribution in [1.29, 1.82) is 0 Å². The Labute approximate surface area is 172 Å². The molecule has 2 aromatic carbocycles. The van der Waals surface area contributed by atoms with Crippen molar-refractivity contribution in [3.05, 3.63) is 63.9 Å². The van der Waals surface area contributed by atoms with Crippen LogP contribution in [-0.4, -0.2) is 43.4 Å². The predicted molar refractivity (Wildman–Crippen MR) is 106 cm³/mol. The highest BCUT2D eigenvalue weighted by atomic mass is 35.5. The minimum atomic E-state index is -3.22. The molecular formula is C19H18Cl2FNO4S. The molecule has 1 saturated heterocycles. The summed E-state index contributed by atoms with van der Waals surface area (Å²) in [6, 6.07) is 10.2. The number of carbonyl (C=O) groups excluding carboxylic acids is 1. The Kier molecular flexibility index (Phi) is 6.47. The standard InChI is InChI=1S/C19H18Cl2FNO4S/c20-14-5-6-18(16(21)9-14)27-11-19(24)23(15-7-8-28(25,26)12-15)10-13-3-1-2-4-17(13)22/h1-6,9,15H,7-8,10-12H2/t15-/m1/s1. The summed E-state index contributed by atoms with van der Waals surface area (Å²) in [6.07, 6.45) is 0.310. The number of benzene rings is 2. The Hall–Kier alpha value is -1.83. The van der Waals surface area contributed by atoms with Gasteiger partial charge in [-0.2, -0.15) is 0 Å². The highest BCUT2D eigenvalue weighted by Gasteiger charge is 2.35. The van der Waals surface area contributed by atoms with E-state index in [-0.39, 0.29) is 35.4 Å². The second kappa shape index (κ2) is 8.68. The molecule has 0 unspecified atom stereocenters. The SMILES string of the molecule is O=C(COc1ccc(Cl)cc1Cl)N(Cc1ccccc1F)[C@@H]1CCS(=O)(=O)C1. The topological polar surface area (TPSA) is 63.7 Å². The third-order valence-electron chi connectivity index (χ3n) is 4.51. The minimum Gasteiger partial charge on any atom is -0.482 e. The Morgan fingerprint density at radius 3 is 2.61 bits per heavy atom. The lowest BCUT2D eigenvalue weighted by atomic mass is 10.1. The first-order chi connectivity index (χ1) is 13.2. The molecule has 0 aromatic heterocycles. The van der Waals surface area contributed by atoms with E-state index in [0.717, 1.165) is 0 Å². The van der Waals surface area contributed by atoms with Gasteiger partial charge in [0.05, 0.1) is 16.5 Å². The molecule has 0 N–H and O–H groups in total. The lowest BCUT2D eigenvalue weighted by Gasteiger charge is -2.28. The fraction of sp³-hybridized carbons (Fsp3) is 0.316. The van der Waals surface area contributed by atoms with Gasteiger partial charge in [0.1, 0.15) is 11.6 Å². The zero-order valence-electron chi connectivity index (χ0n) is 14.8. The monoisotopic (exact) mass is 445 g/mol. The van der Waals surface area contributed by atoms with Crippen molar-refractivity contribution in [3.63, 3.8) is 0 Å². The zero-order chi connectivity index (χ0) is 20.3. The first-order valence-corrected chi connectivity index (χ1v) is 11.1. The Morgan fingerprint density at radius 1 is 1.21 bits per heavy atom. The number of hydrogen-bond acceptors (Lipinski definition) is 4. The maximum absolute atomic E-state index is 14.1. The largest absolute Gasteiger partial charge is 0.482 e.